The van der Waals surface area contributed by atoms with Gasteiger partial charge in [0.1, 0.15) is 0 Å². The first-order valence-electron chi connectivity index (χ1n) is 7.00. The maximum atomic E-state index is 2.20. The lowest BCUT2D eigenvalue weighted by molar-refractivity contribution is 0.821. The molecule has 2 aromatic carbocycles. The van der Waals surface area contributed by atoms with Crippen LogP contribution < -0.4 is 0 Å². The zero-order chi connectivity index (χ0) is 13.9. The predicted molar refractivity (Wildman–Crippen MR) is 89.2 cm³/mol. The zero-order valence-electron chi connectivity index (χ0n) is 11.6. The Morgan fingerprint density at radius 2 is 1.00 bits per heavy atom. The van der Waals surface area contributed by atoms with Crippen LogP contribution in [-0.4, -0.2) is 0 Å². The van der Waals surface area contributed by atoms with Crippen LogP contribution >= 0.6 is 11.3 Å². The smallest absolute Gasteiger partial charge is 0.00934 e. The second-order valence-electron chi connectivity index (χ2n) is 4.62. The number of thiophene rings is 1. The van der Waals surface area contributed by atoms with Gasteiger partial charge < -0.3 is 0 Å². The van der Waals surface area contributed by atoms with Crippen molar-refractivity contribution in [2.24, 2.45) is 0 Å². The highest BCUT2D eigenvalue weighted by molar-refractivity contribution is 7.07. The van der Waals surface area contributed by atoms with Gasteiger partial charge in [0, 0.05) is 0 Å². The molecule has 0 bridgehead atoms. The van der Waals surface area contributed by atoms with E-state index in [9.17, 15) is 0 Å². The van der Waals surface area contributed by atoms with Crippen molar-refractivity contribution in [3.05, 3.63) is 94.7 Å². The lowest BCUT2D eigenvalue weighted by Gasteiger charge is -2.01. The monoisotopic (exact) mass is 280 g/mol. The van der Waals surface area contributed by atoms with E-state index in [0.29, 0.717) is 0 Å². The van der Waals surface area contributed by atoms with Gasteiger partial charge in [-0.3, -0.25) is 0 Å². The molecule has 0 nitrogen and oxygen atoms in total. The Hall–Kier alpha value is -1.86. The van der Waals surface area contributed by atoms with Crippen molar-refractivity contribution in [1.82, 2.24) is 0 Å². The largest absolute Gasteiger partial charge is 0.152 e. The maximum Gasteiger partial charge on any atom is -0.00934 e. The first-order chi connectivity index (χ1) is 9.95. The van der Waals surface area contributed by atoms with Crippen LogP contribution in [0.15, 0.2) is 83.6 Å². The molecule has 0 radical (unpaired) electrons. The predicted octanol–water partition coefficient (Wildman–Crippen LogP) is 5.61. The quantitative estimate of drug-likeness (QED) is 0.582. The van der Waals surface area contributed by atoms with Crippen LogP contribution in [0.25, 0.3) is 0 Å². The second-order valence-corrected chi connectivity index (χ2v) is 5.43. The fourth-order valence-corrected chi connectivity index (χ4v) is 2.47. The van der Waals surface area contributed by atoms with Crippen molar-refractivity contribution in [3.8, 4) is 0 Å². The molecule has 0 saturated heterocycles. The highest BCUT2D eigenvalue weighted by atomic mass is 32.1. The van der Waals surface area contributed by atoms with Crippen molar-refractivity contribution in [2.75, 3.05) is 0 Å². The summed E-state index contributed by atoms with van der Waals surface area (Å²) in [4.78, 5) is 0. The van der Waals surface area contributed by atoms with Gasteiger partial charge in [-0.05, 0) is 41.1 Å². The van der Waals surface area contributed by atoms with E-state index in [1.165, 1.54) is 30.4 Å². The zero-order valence-corrected chi connectivity index (χ0v) is 12.4. The summed E-state index contributed by atoms with van der Waals surface area (Å²) >= 11 is 1.71. The Labute approximate surface area is 125 Å². The normalized spacial score (nSPS) is 9.60. The summed E-state index contributed by atoms with van der Waals surface area (Å²) in [7, 11) is 0. The van der Waals surface area contributed by atoms with E-state index in [1.807, 2.05) is 22.9 Å². The number of hydrogen-bond donors (Lipinski definition) is 0. The summed E-state index contributed by atoms with van der Waals surface area (Å²) < 4.78 is 0. The molecule has 0 N–H and O–H groups in total. The molecular weight excluding hydrogens is 260 g/mol. The molecule has 0 fully saturated rings. The van der Waals surface area contributed by atoms with Crippen LogP contribution in [0, 0.1) is 0 Å². The minimum Gasteiger partial charge on any atom is -0.152 e. The fourth-order valence-electron chi connectivity index (χ4n) is 2.01. The molecule has 1 heteroatoms. The third-order valence-corrected chi connectivity index (χ3v) is 3.67. The molecule has 20 heavy (non-hydrogen) atoms. The third kappa shape index (κ3) is 5.85. The first-order valence-corrected chi connectivity index (χ1v) is 7.94. The molecular formula is C19H20S. The van der Waals surface area contributed by atoms with E-state index in [-0.39, 0.29) is 0 Å². The van der Waals surface area contributed by atoms with Crippen molar-refractivity contribution in [2.45, 2.75) is 19.3 Å². The van der Waals surface area contributed by atoms with Gasteiger partial charge in [-0.25, -0.2) is 0 Å². The van der Waals surface area contributed by atoms with Crippen LogP contribution in [-0.2, 0) is 12.8 Å². The van der Waals surface area contributed by atoms with Crippen LogP contribution in [0.3, 0.4) is 0 Å². The number of hydrogen-bond acceptors (Lipinski definition) is 1. The van der Waals surface area contributed by atoms with Crippen LogP contribution in [0.2, 0.25) is 0 Å². The van der Waals surface area contributed by atoms with Crippen molar-refractivity contribution in [1.29, 1.82) is 0 Å². The Balaban J connectivity index is 0.000000247. The molecule has 0 spiro atoms. The lowest BCUT2D eigenvalue weighted by atomic mass is 10.0. The van der Waals surface area contributed by atoms with Gasteiger partial charge in [-0.1, -0.05) is 72.8 Å². The summed E-state index contributed by atoms with van der Waals surface area (Å²) in [6, 6.07) is 25.4. The average molecular weight is 280 g/mol. The summed E-state index contributed by atoms with van der Waals surface area (Å²) in [6.07, 6.45) is 3.58. The topological polar surface area (TPSA) is 0 Å². The van der Waals surface area contributed by atoms with Crippen molar-refractivity contribution in [3.63, 3.8) is 0 Å². The molecule has 0 aliphatic rings. The SMILES string of the molecule is c1ccc(CCCc2ccccc2)cc1.c1ccsc1. The first kappa shape index (κ1) is 14.5. The van der Waals surface area contributed by atoms with Gasteiger partial charge in [-0.15, -0.1) is 0 Å². The third-order valence-electron chi connectivity index (χ3n) is 3.04. The summed E-state index contributed by atoms with van der Waals surface area (Å²) in [5.74, 6) is 0. The van der Waals surface area contributed by atoms with Gasteiger partial charge in [0.25, 0.3) is 0 Å². The van der Waals surface area contributed by atoms with Crippen LogP contribution in [0.5, 0.6) is 0 Å². The molecule has 0 saturated carbocycles. The molecule has 1 aromatic heterocycles. The lowest BCUT2D eigenvalue weighted by Crippen LogP contribution is -1.89. The Morgan fingerprint density at radius 3 is 1.35 bits per heavy atom. The fraction of sp³-hybridized carbons (Fsp3) is 0.158. The van der Waals surface area contributed by atoms with Gasteiger partial charge in [0.05, 0.1) is 0 Å². The summed E-state index contributed by atoms with van der Waals surface area (Å²) in [6.45, 7) is 0. The molecule has 3 rings (SSSR count). The average Bonchev–Trinajstić information content (AvgIpc) is 3.09. The van der Waals surface area contributed by atoms with Gasteiger partial charge >= 0.3 is 0 Å². The molecule has 0 aliphatic heterocycles. The van der Waals surface area contributed by atoms with E-state index in [4.69, 9.17) is 0 Å². The minimum absolute atomic E-state index is 1.18. The van der Waals surface area contributed by atoms with Gasteiger partial charge in [-0.2, -0.15) is 11.3 Å². The molecule has 3 aromatic rings. The number of rotatable bonds is 4. The van der Waals surface area contributed by atoms with E-state index >= 15 is 0 Å². The minimum atomic E-state index is 1.18. The highest BCUT2D eigenvalue weighted by Crippen LogP contribution is 2.07. The second kappa shape index (κ2) is 9.11. The number of aryl methyl sites for hydroxylation is 2. The molecule has 0 amide bonds. The summed E-state index contributed by atoms with van der Waals surface area (Å²) in [5, 5.41) is 4.08. The van der Waals surface area contributed by atoms with Crippen LogP contribution in [0.1, 0.15) is 17.5 Å². The molecule has 0 atom stereocenters. The number of benzene rings is 2. The Morgan fingerprint density at radius 1 is 0.550 bits per heavy atom. The van der Waals surface area contributed by atoms with Crippen LogP contribution in [0.4, 0.5) is 0 Å². The Kier molecular flexibility index (Phi) is 6.63. The van der Waals surface area contributed by atoms with Crippen molar-refractivity contribution < 1.29 is 0 Å². The van der Waals surface area contributed by atoms with E-state index in [2.05, 4.69) is 60.7 Å². The van der Waals surface area contributed by atoms with Gasteiger partial charge in [0.15, 0.2) is 0 Å². The molecule has 1 heterocycles. The van der Waals surface area contributed by atoms with Crippen molar-refractivity contribution >= 4 is 11.3 Å². The standard InChI is InChI=1S/C15H16.C4H4S/c1-3-8-14(9-4-1)12-7-13-15-10-5-2-6-11-15;1-2-4-5-3-1/h1-6,8-11H,7,12-13H2;1-4H. The van der Waals surface area contributed by atoms with E-state index < -0.39 is 0 Å². The van der Waals surface area contributed by atoms with E-state index in [1.54, 1.807) is 11.3 Å². The van der Waals surface area contributed by atoms with Gasteiger partial charge in [0.2, 0.25) is 0 Å². The summed E-state index contributed by atoms with van der Waals surface area (Å²) in [5.41, 5.74) is 2.88. The highest BCUT2D eigenvalue weighted by Gasteiger charge is 1.93. The molecule has 0 aliphatic carbocycles. The molecule has 102 valence electrons. The van der Waals surface area contributed by atoms with E-state index in [0.717, 1.165) is 0 Å². The Bertz CT molecular complexity index is 484. The molecule has 0 unspecified atom stereocenters. The maximum absolute atomic E-state index is 2.20.